The van der Waals surface area contributed by atoms with Crippen molar-refractivity contribution in [1.82, 2.24) is 0 Å². The van der Waals surface area contributed by atoms with Gasteiger partial charge in [-0.2, -0.15) is 0 Å². The van der Waals surface area contributed by atoms with E-state index in [9.17, 15) is 4.79 Å². The Bertz CT molecular complexity index is 798. The molecule has 104 valence electrons. The summed E-state index contributed by atoms with van der Waals surface area (Å²) in [7, 11) is 0. The Morgan fingerprint density at radius 1 is 0.905 bits per heavy atom. The number of fused-ring (bicyclic) bond motifs is 1. The van der Waals surface area contributed by atoms with Crippen LogP contribution in [0.2, 0.25) is 5.02 Å². The Kier molecular flexibility index (Phi) is 4.28. The third-order valence-corrected chi connectivity index (χ3v) is 4.47. The van der Waals surface area contributed by atoms with E-state index in [4.69, 9.17) is 11.6 Å². The van der Waals surface area contributed by atoms with Gasteiger partial charge in [-0.1, -0.05) is 54.1 Å². The fourth-order valence-corrected chi connectivity index (χ4v) is 3.26. The maximum absolute atomic E-state index is 12.3. The number of hydrogen-bond donors (Lipinski definition) is 0. The second kappa shape index (κ2) is 6.33. The van der Waals surface area contributed by atoms with Crippen molar-refractivity contribution in [3.63, 3.8) is 0 Å². The highest BCUT2D eigenvalue weighted by Gasteiger charge is 2.07. The van der Waals surface area contributed by atoms with Crippen LogP contribution in [0.3, 0.4) is 0 Å². The molecule has 3 aromatic carbocycles. The number of halogens is 1. The first kappa shape index (κ1) is 14.2. The summed E-state index contributed by atoms with van der Waals surface area (Å²) >= 11 is 7.45. The molecule has 0 fully saturated rings. The lowest BCUT2D eigenvalue weighted by molar-refractivity contribution is 0.102. The van der Waals surface area contributed by atoms with Crippen LogP contribution in [0.1, 0.15) is 10.4 Å². The fourth-order valence-electron chi connectivity index (χ4n) is 2.15. The largest absolute Gasteiger partial charge is 0.293 e. The summed E-state index contributed by atoms with van der Waals surface area (Å²) in [6, 6.07) is 21.5. The monoisotopic (exact) mass is 312 g/mol. The predicted octanol–water partition coefficient (Wildman–Crippen LogP) is 5.47. The van der Waals surface area contributed by atoms with E-state index < -0.39 is 0 Å². The number of rotatable bonds is 4. The van der Waals surface area contributed by atoms with Gasteiger partial charge in [-0.25, -0.2) is 0 Å². The molecule has 0 bridgehead atoms. The molecule has 1 nitrogen and oxygen atoms in total. The van der Waals surface area contributed by atoms with E-state index >= 15 is 0 Å². The average molecular weight is 313 g/mol. The van der Waals surface area contributed by atoms with Gasteiger partial charge in [0.1, 0.15) is 0 Å². The molecule has 0 unspecified atom stereocenters. The Morgan fingerprint density at radius 2 is 1.71 bits per heavy atom. The molecule has 21 heavy (non-hydrogen) atoms. The Morgan fingerprint density at radius 3 is 2.52 bits per heavy atom. The Hall–Kier alpha value is -1.77. The zero-order valence-corrected chi connectivity index (χ0v) is 12.8. The molecule has 0 radical (unpaired) electrons. The highest BCUT2D eigenvalue weighted by molar-refractivity contribution is 8.00. The first-order valence-corrected chi connectivity index (χ1v) is 7.99. The molecule has 0 atom stereocenters. The first-order chi connectivity index (χ1) is 10.2. The van der Waals surface area contributed by atoms with Gasteiger partial charge >= 0.3 is 0 Å². The van der Waals surface area contributed by atoms with Crippen molar-refractivity contribution in [2.75, 3.05) is 5.75 Å². The molecule has 0 saturated heterocycles. The van der Waals surface area contributed by atoms with Gasteiger partial charge in [0.2, 0.25) is 0 Å². The van der Waals surface area contributed by atoms with Gasteiger partial charge in [-0.05, 0) is 35.0 Å². The third kappa shape index (κ3) is 3.46. The lowest BCUT2D eigenvalue weighted by atomic mass is 10.1. The van der Waals surface area contributed by atoms with E-state index in [1.807, 2.05) is 66.7 Å². The molecule has 3 heteroatoms. The van der Waals surface area contributed by atoms with Gasteiger partial charge in [-0.3, -0.25) is 4.79 Å². The lowest BCUT2D eigenvalue weighted by Crippen LogP contribution is -2.02. The zero-order valence-electron chi connectivity index (χ0n) is 11.3. The number of thioether (sulfide) groups is 1. The van der Waals surface area contributed by atoms with Crippen LogP contribution in [0.4, 0.5) is 0 Å². The van der Waals surface area contributed by atoms with Gasteiger partial charge in [0.05, 0.1) is 5.75 Å². The van der Waals surface area contributed by atoms with Crippen molar-refractivity contribution in [2.24, 2.45) is 0 Å². The normalized spacial score (nSPS) is 10.7. The molecular weight excluding hydrogens is 300 g/mol. The zero-order chi connectivity index (χ0) is 14.7. The molecule has 0 spiro atoms. The number of benzene rings is 3. The van der Waals surface area contributed by atoms with Crippen molar-refractivity contribution in [3.8, 4) is 0 Å². The topological polar surface area (TPSA) is 17.1 Å². The quantitative estimate of drug-likeness (QED) is 0.469. The van der Waals surface area contributed by atoms with Crippen molar-refractivity contribution in [3.05, 3.63) is 77.3 Å². The van der Waals surface area contributed by atoms with Crippen LogP contribution >= 0.6 is 23.4 Å². The van der Waals surface area contributed by atoms with E-state index in [0.717, 1.165) is 21.2 Å². The van der Waals surface area contributed by atoms with Crippen LogP contribution in [-0.2, 0) is 0 Å². The van der Waals surface area contributed by atoms with Gasteiger partial charge in [0.15, 0.2) is 5.78 Å². The molecule has 0 aliphatic rings. The summed E-state index contributed by atoms with van der Waals surface area (Å²) < 4.78 is 0. The SMILES string of the molecule is O=C(CSc1cccc(Cl)c1)c1ccc2ccccc2c1. The first-order valence-electron chi connectivity index (χ1n) is 6.63. The maximum Gasteiger partial charge on any atom is 0.173 e. The highest BCUT2D eigenvalue weighted by atomic mass is 35.5. The summed E-state index contributed by atoms with van der Waals surface area (Å²) in [4.78, 5) is 13.3. The Balaban J connectivity index is 1.74. The molecule has 3 aromatic rings. The van der Waals surface area contributed by atoms with Crippen LogP contribution in [0, 0.1) is 0 Å². The van der Waals surface area contributed by atoms with Crippen LogP contribution in [0.5, 0.6) is 0 Å². The van der Waals surface area contributed by atoms with Crippen LogP contribution in [-0.4, -0.2) is 11.5 Å². The molecule has 0 amide bonds. The second-order valence-electron chi connectivity index (χ2n) is 4.73. The second-order valence-corrected chi connectivity index (χ2v) is 6.22. The number of Topliss-reactive ketones (excluding diaryl/α,β-unsaturated/α-hetero) is 1. The summed E-state index contributed by atoms with van der Waals surface area (Å²) in [5.41, 5.74) is 0.753. The molecule has 0 saturated carbocycles. The summed E-state index contributed by atoms with van der Waals surface area (Å²) in [6.07, 6.45) is 0. The lowest BCUT2D eigenvalue weighted by Gasteiger charge is -2.04. The molecular formula is C18H13ClOS. The molecule has 3 rings (SSSR count). The minimum Gasteiger partial charge on any atom is -0.293 e. The average Bonchev–Trinajstić information content (AvgIpc) is 2.52. The smallest absolute Gasteiger partial charge is 0.173 e. The van der Waals surface area contributed by atoms with Gasteiger partial charge in [0.25, 0.3) is 0 Å². The van der Waals surface area contributed by atoms with Crippen LogP contribution in [0.15, 0.2) is 71.6 Å². The Labute approximate surface area is 132 Å². The predicted molar refractivity (Wildman–Crippen MR) is 90.5 cm³/mol. The molecule has 0 N–H and O–H groups in total. The van der Waals surface area contributed by atoms with Crippen LogP contribution in [0.25, 0.3) is 10.8 Å². The number of ketones is 1. The van der Waals surface area contributed by atoms with E-state index in [2.05, 4.69) is 0 Å². The minimum atomic E-state index is 0.130. The van der Waals surface area contributed by atoms with E-state index in [0.29, 0.717) is 10.8 Å². The van der Waals surface area contributed by atoms with Crippen molar-refractivity contribution < 1.29 is 4.79 Å². The van der Waals surface area contributed by atoms with Crippen molar-refractivity contribution in [2.45, 2.75) is 4.90 Å². The summed E-state index contributed by atoms with van der Waals surface area (Å²) in [5.74, 6) is 0.546. The van der Waals surface area contributed by atoms with E-state index in [1.165, 1.54) is 11.8 Å². The van der Waals surface area contributed by atoms with Gasteiger partial charge in [-0.15, -0.1) is 11.8 Å². The summed E-state index contributed by atoms with van der Waals surface area (Å²) in [6.45, 7) is 0. The van der Waals surface area contributed by atoms with Crippen LogP contribution < -0.4 is 0 Å². The van der Waals surface area contributed by atoms with E-state index in [-0.39, 0.29) is 5.78 Å². The number of carbonyl (C=O) groups excluding carboxylic acids is 1. The van der Waals surface area contributed by atoms with Gasteiger partial charge < -0.3 is 0 Å². The third-order valence-electron chi connectivity index (χ3n) is 3.24. The standard InChI is InChI=1S/C18H13ClOS/c19-16-6-3-7-17(11-16)21-12-18(20)15-9-8-13-4-1-2-5-14(13)10-15/h1-11H,12H2. The van der Waals surface area contributed by atoms with E-state index in [1.54, 1.807) is 0 Å². The van der Waals surface area contributed by atoms with Crippen molar-refractivity contribution in [1.29, 1.82) is 0 Å². The van der Waals surface area contributed by atoms with Gasteiger partial charge in [0, 0.05) is 15.5 Å². The number of hydrogen-bond acceptors (Lipinski definition) is 2. The maximum atomic E-state index is 12.3. The van der Waals surface area contributed by atoms with Crippen molar-refractivity contribution >= 4 is 39.9 Å². The minimum absolute atomic E-state index is 0.130. The summed E-state index contributed by atoms with van der Waals surface area (Å²) in [5, 5.41) is 2.94. The molecule has 0 heterocycles. The molecule has 0 aliphatic carbocycles. The highest BCUT2D eigenvalue weighted by Crippen LogP contribution is 2.23. The fraction of sp³-hybridized carbons (Fsp3) is 0.0556. The number of carbonyl (C=O) groups is 1. The molecule has 0 aromatic heterocycles. The molecule has 0 aliphatic heterocycles.